The van der Waals surface area contributed by atoms with Gasteiger partial charge in [0, 0.05) is 51.1 Å². The first-order valence-corrected chi connectivity index (χ1v) is 14.1. The summed E-state index contributed by atoms with van der Waals surface area (Å²) in [5, 5.41) is 8.91. The van der Waals surface area contributed by atoms with Crippen LogP contribution in [0, 0.1) is 11.8 Å². The van der Waals surface area contributed by atoms with Crippen molar-refractivity contribution in [2.45, 2.75) is 41.7 Å². The van der Waals surface area contributed by atoms with Crippen molar-refractivity contribution < 1.29 is 29.0 Å². The average molecular weight is 520 g/mol. The molecule has 0 saturated carbocycles. The van der Waals surface area contributed by atoms with Gasteiger partial charge in [-0.3, -0.25) is 19.3 Å². The normalized spacial score (nSPS) is 34.3. The van der Waals surface area contributed by atoms with Crippen LogP contribution in [0.2, 0.25) is 0 Å². The molecule has 198 valence electrons. The molecule has 0 bridgehead atoms. The summed E-state index contributed by atoms with van der Waals surface area (Å²) in [6.45, 7) is 5.88. The molecule has 1 spiro atoms. The molecule has 0 aromatic carbocycles. The lowest BCUT2D eigenvalue weighted by Gasteiger charge is -2.36. The van der Waals surface area contributed by atoms with Crippen molar-refractivity contribution in [3.05, 3.63) is 24.3 Å². The number of carbonyl (C=O) groups is 3. The first kappa shape index (κ1) is 25.8. The van der Waals surface area contributed by atoms with Crippen LogP contribution in [-0.4, -0.2) is 119 Å². The third-order valence-electron chi connectivity index (χ3n) is 8.09. The molecule has 2 amide bonds. The number of thioether (sulfide) groups is 1. The summed E-state index contributed by atoms with van der Waals surface area (Å²) in [6.07, 6.45) is 11.2. The SMILES string of the molecule is O=C1OCC=C[C@@H]2S[C@]34C=CCN(CCN5CCOCC5)C(=O)C3N(CCCCCCO)C(=O)[C@@H]4[C@H]12. The Bertz CT molecular complexity index is 906. The number of unbranched alkanes of at least 4 members (excludes halogenated alkanes) is 3. The van der Waals surface area contributed by atoms with Gasteiger partial charge in [0.1, 0.15) is 12.6 Å². The lowest BCUT2D eigenvalue weighted by molar-refractivity contribution is -0.151. The number of aliphatic hydroxyl groups excluding tert-OH is 1. The second-order valence-electron chi connectivity index (χ2n) is 10.2. The van der Waals surface area contributed by atoms with Gasteiger partial charge in [0.05, 0.1) is 29.8 Å². The predicted molar refractivity (Wildman–Crippen MR) is 135 cm³/mol. The summed E-state index contributed by atoms with van der Waals surface area (Å²) in [5.74, 6) is -1.67. The highest BCUT2D eigenvalue weighted by Crippen LogP contribution is 2.60. The Morgan fingerprint density at radius 2 is 1.81 bits per heavy atom. The van der Waals surface area contributed by atoms with Gasteiger partial charge >= 0.3 is 5.97 Å². The van der Waals surface area contributed by atoms with Crippen LogP contribution in [0.1, 0.15) is 25.7 Å². The van der Waals surface area contributed by atoms with Crippen molar-refractivity contribution in [3.8, 4) is 0 Å². The minimum Gasteiger partial charge on any atom is -0.461 e. The Morgan fingerprint density at radius 3 is 2.61 bits per heavy atom. The van der Waals surface area contributed by atoms with Gasteiger partial charge in [-0.25, -0.2) is 0 Å². The van der Waals surface area contributed by atoms with E-state index in [1.54, 1.807) is 16.7 Å². The monoisotopic (exact) mass is 519 g/mol. The number of aliphatic hydroxyl groups is 1. The highest BCUT2D eigenvalue weighted by atomic mass is 32.2. The smallest absolute Gasteiger partial charge is 0.311 e. The van der Waals surface area contributed by atoms with E-state index in [0.717, 1.165) is 45.3 Å². The van der Waals surface area contributed by atoms with E-state index >= 15 is 0 Å². The molecule has 5 heterocycles. The minimum atomic E-state index is -0.775. The van der Waals surface area contributed by atoms with Crippen molar-refractivity contribution in [3.63, 3.8) is 0 Å². The highest BCUT2D eigenvalue weighted by molar-refractivity contribution is 8.02. The summed E-state index contributed by atoms with van der Waals surface area (Å²) in [7, 11) is 0. The molecule has 0 radical (unpaired) electrons. The van der Waals surface area contributed by atoms with Gasteiger partial charge in [0.25, 0.3) is 0 Å². The number of cyclic esters (lactones) is 1. The molecule has 5 atom stereocenters. The number of carbonyl (C=O) groups excluding carboxylic acids is 3. The Labute approximate surface area is 216 Å². The van der Waals surface area contributed by atoms with Crippen LogP contribution in [0.15, 0.2) is 24.3 Å². The molecule has 3 fully saturated rings. The zero-order valence-electron chi connectivity index (χ0n) is 20.8. The van der Waals surface area contributed by atoms with Gasteiger partial charge in [0.2, 0.25) is 11.8 Å². The number of amides is 2. The van der Waals surface area contributed by atoms with Crippen LogP contribution in [0.5, 0.6) is 0 Å². The Balaban J connectivity index is 1.41. The van der Waals surface area contributed by atoms with Crippen LogP contribution in [0.25, 0.3) is 0 Å². The maximum Gasteiger partial charge on any atom is 0.311 e. The van der Waals surface area contributed by atoms with E-state index < -0.39 is 22.6 Å². The van der Waals surface area contributed by atoms with Crippen molar-refractivity contribution >= 4 is 29.5 Å². The quantitative estimate of drug-likeness (QED) is 0.270. The molecule has 1 N–H and O–H groups in total. The average Bonchev–Trinajstić information content (AvgIpc) is 3.18. The minimum absolute atomic E-state index is 0.0271. The third-order valence-corrected chi connectivity index (χ3v) is 9.84. The number of nitrogens with zero attached hydrogens (tertiary/aromatic N) is 3. The summed E-state index contributed by atoms with van der Waals surface area (Å²) < 4.78 is 10.1. The maximum atomic E-state index is 14.2. The van der Waals surface area contributed by atoms with E-state index in [1.165, 1.54) is 0 Å². The number of likely N-dealkylation sites (tertiary alicyclic amines) is 1. The zero-order valence-corrected chi connectivity index (χ0v) is 21.6. The summed E-state index contributed by atoms with van der Waals surface area (Å²) in [4.78, 5) is 47.1. The third kappa shape index (κ3) is 4.73. The number of fused-ring (bicyclic) bond motifs is 2. The second-order valence-corrected chi connectivity index (χ2v) is 11.7. The molecule has 5 aliphatic heterocycles. The topological polar surface area (TPSA) is 99.6 Å². The first-order chi connectivity index (χ1) is 17.6. The number of morpholine rings is 1. The van der Waals surface area contributed by atoms with E-state index in [-0.39, 0.29) is 36.2 Å². The number of hydrogen-bond acceptors (Lipinski definition) is 8. The van der Waals surface area contributed by atoms with Crippen LogP contribution < -0.4 is 0 Å². The van der Waals surface area contributed by atoms with Crippen LogP contribution in [0.4, 0.5) is 0 Å². The highest BCUT2D eigenvalue weighted by Gasteiger charge is 2.70. The van der Waals surface area contributed by atoms with Gasteiger partial charge in [-0.1, -0.05) is 37.1 Å². The van der Waals surface area contributed by atoms with Crippen LogP contribution in [-0.2, 0) is 23.9 Å². The first-order valence-electron chi connectivity index (χ1n) is 13.3. The molecule has 0 aromatic rings. The van der Waals surface area contributed by atoms with E-state index in [4.69, 9.17) is 14.6 Å². The van der Waals surface area contributed by atoms with Gasteiger partial charge < -0.3 is 24.4 Å². The zero-order chi connectivity index (χ0) is 25.1. The van der Waals surface area contributed by atoms with Crippen LogP contribution in [0.3, 0.4) is 0 Å². The van der Waals surface area contributed by atoms with Crippen molar-refractivity contribution in [2.24, 2.45) is 11.8 Å². The lowest BCUT2D eigenvalue weighted by Crippen LogP contribution is -2.54. The van der Waals surface area contributed by atoms with E-state index in [0.29, 0.717) is 32.8 Å². The molecular formula is C26H37N3O6S. The van der Waals surface area contributed by atoms with Gasteiger partial charge in [-0.2, -0.15) is 0 Å². The van der Waals surface area contributed by atoms with E-state index in [2.05, 4.69) is 11.0 Å². The fraction of sp³-hybridized carbons (Fsp3) is 0.731. The van der Waals surface area contributed by atoms with E-state index in [9.17, 15) is 14.4 Å². The second kappa shape index (κ2) is 11.2. The fourth-order valence-electron chi connectivity index (χ4n) is 6.29. The Morgan fingerprint density at radius 1 is 1.00 bits per heavy atom. The van der Waals surface area contributed by atoms with Gasteiger partial charge in [-0.05, 0) is 12.8 Å². The van der Waals surface area contributed by atoms with Crippen molar-refractivity contribution in [1.29, 1.82) is 0 Å². The fourth-order valence-corrected chi connectivity index (χ4v) is 8.29. The molecule has 0 aromatic heterocycles. The largest absolute Gasteiger partial charge is 0.461 e. The molecule has 5 aliphatic rings. The number of rotatable bonds is 9. The standard InChI is InChI=1S/C26H37N3O6S/c30-15-4-2-1-3-10-29-22-24(32)28(12-11-27-13-17-34-18-14-27)9-6-8-26(22)21(23(29)31)20-19(36-26)7-5-16-35-25(20)33/h5-8,19-22,30H,1-4,9-18H2/t19-,20+,21-,22?,26-/m0/s1. The maximum absolute atomic E-state index is 14.2. The van der Waals surface area contributed by atoms with Crippen molar-refractivity contribution in [1.82, 2.24) is 14.7 Å². The molecule has 5 rings (SSSR count). The van der Waals surface area contributed by atoms with Crippen LogP contribution >= 0.6 is 11.8 Å². The van der Waals surface area contributed by atoms with Gasteiger partial charge in [0.15, 0.2) is 0 Å². The molecule has 10 heteroatoms. The molecule has 1 unspecified atom stereocenters. The Kier molecular flexibility index (Phi) is 8.05. The number of hydrogen-bond donors (Lipinski definition) is 1. The van der Waals surface area contributed by atoms with E-state index in [1.807, 2.05) is 23.1 Å². The molecule has 0 aliphatic carbocycles. The molecular weight excluding hydrogens is 482 g/mol. The summed E-state index contributed by atoms with van der Waals surface area (Å²) in [5.41, 5.74) is 0. The summed E-state index contributed by atoms with van der Waals surface area (Å²) in [6, 6.07) is -0.630. The lowest BCUT2D eigenvalue weighted by atomic mass is 9.78. The molecule has 3 saturated heterocycles. The summed E-state index contributed by atoms with van der Waals surface area (Å²) >= 11 is 1.59. The number of esters is 1. The van der Waals surface area contributed by atoms with Gasteiger partial charge in [-0.15, -0.1) is 11.8 Å². The molecule has 36 heavy (non-hydrogen) atoms. The Hall–Kier alpha value is -1.88. The number of ether oxygens (including phenoxy) is 2. The predicted octanol–water partition coefficient (Wildman–Crippen LogP) is 0.680. The molecule has 9 nitrogen and oxygen atoms in total. The van der Waals surface area contributed by atoms with Crippen molar-refractivity contribution in [2.75, 3.05) is 65.7 Å².